The van der Waals surface area contributed by atoms with Crippen molar-refractivity contribution in [2.45, 2.75) is 13.5 Å². The van der Waals surface area contributed by atoms with Crippen LogP contribution in [0.4, 0.5) is 4.39 Å². The zero-order chi connectivity index (χ0) is 17.1. The summed E-state index contributed by atoms with van der Waals surface area (Å²) in [5.41, 5.74) is 2.91. The molecule has 1 aliphatic heterocycles. The van der Waals surface area contributed by atoms with Gasteiger partial charge < -0.3 is 4.90 Å². The van der Waals surface area contributed by atoms with Crippen molar-refractivity contribution in [3.8, 4) is 0 Å². The zero-order valence-electron chi connectivity index (χ0n) is 13.6. The molecule has 0 unspecified atom stereocenters. The minimum Gasteiger partial charge on any atom is -0.353 e. The Balaban J connectivity index is 1.56. The molecule has 6 nitrogen and oxygen atoms in total. The van der Waals surface area contributed by atoms with Gasteiger partial charge in [-0.3, -0.25) is 20.8 Å². The monoisotopic (exact) mass is 328 g/mol. The molecule has 1 aliphatic rings. The van der Waals surface area contributed by atoms with Crippen LogP contribution in [0.3, 0.4) is 0 Å². The van der Waals surface area contributed by atoms with Crippen LogP contribution >= 0.6 is 0 Å². The fourth-order valence-corrected chi connectivity index (χ4v) is 2.83. The summed E-state index contributed by atoms with van der Waals surface area (Å²) in [5.74, 6) is -0.137. The van der Waals surface area contributed by atoms with Crippen LogP contribution in [0.25, 0.3) is 0 Å². The van der Waals surface area contributed by atoms with E-state index in [2.05, 4.69) is 15.1 Å². The highest BCUT2D eigenvalue weighted by Gasteiger charge is 2.22. The smallest absolute Gasteiger partial charge is 0.147 e. The highest BCUT2D eigenvalue weighted by molar-refractivity contribution is 6.45. The van der Waals surface area contributed by atoms with E-state index in [-0.39, 0.29) is 17.4 Å². The topological polar surface area (TPSA) is 82.9 Å². The lowest BCUT2D eigenvalue weighted by Crippen LogP contribution is -2.50. The molecule has 1 aromatic carbocycles. The molecule has 0 radical (unpaired) electrons. The molecule has 0 saturated carbocycles. The van der Waals surface area contributed by atoms with E-state index in [1.165, 1.54) is 17.7 Å². The molecule has 3 N–H and O–H groups in total. The molecule has 0 aliphatic carbocycles. The number of hydrogen-bond acceptors (Lipinski definition) is 4. The van der Waals surface area contributed by atoms with Gasteiger partial charge in [-0.15, -0.1) is 0 Å². The first-order valence-corrected chi connectivity index (χ1v) is 7.94. The van der Waals surface area contributed by atoms with Gasteiger partial charge in [0.15, 0.2) is 0 Å². The molecule has 7 heteroatoms. The maximum Gasteiger partial charge on any atom is 0.147 e. The summed E-state index contributed by atoms with van der Waals surface area (Å²) in [6, 6.07) is 5.74. The number of aromatic amines is 1. The van der Waals surface area contributed by atoms with Gasteiger partial charge in [0.1, 0.15) is 17.4 Å². The van der Waals surface area contributed by atoms with Crippen LogP contribution in [0, 0.1) is 23.6 Å². The van der Waals surface area contributed by atoms with Crippen molar-refractivity contribution < 1.29 is 4.39 Å². The molecule has 0 spiro atoms. The average Bonchev–Trinajstić information content (AvgIpc) is 3.00. The third-order valence-electron chi connectivity index (χ3n) is 4.39. The standard InChI is InChI=1S/C17H21FN6/c1-12-14(10-21-22-12)11-23-6-8-24(9-7-23)17(20)16(19)13-2-4-15(18)5-3-13/h2-5,10,19-20H,6-9,11H2,1H3,(H,21,22). The highest BCUT2D eigenvalue weighted by Crippen LogP contribution is 2.12. The van der Waals surface area contributed by atoms with Crippen molar-refractivity contribution in [1.29, 1.82) is 10.8 Å². The SMILES string of the molecule is Cc1n[nH]cc1CN1CCN(C(=N)C(=N)c2ccc(F)cc2)CC1. The van der Waals surface area contributed by atoms with E-state index in [0.29, 0.717) is 18.7 Å². The number of hydrogen-bond donors (Lipinski definition) is 3. The van der Waals surface area contributed by atoms with Gasteiger partial charge in [-0.25, -0.2) is 4.39 Å². The molecule has 24 heavy (non-hydrogen) atoms. The van der Waals surface area contributed by atoms with Crippen LogP contribution in [-0.2, 0) is 6.54 Å². The van der Waals surface area contributed by atoms with Crippen LogP contribution in [0.1, 0.15) is 16.8 Å². The van der Waals surface area contributed by atoms with Gasteiger partial charge in [0.25, 0.3) is 0 Å². The first-order valence-electron chi connectivity index (χ1n) is 7.94. The van der Waals surface area contributed by atoms with E-state index < -0.39 is 0 Å². The molecule has 2 aromatic rings. The molecule has 0 atom stereocenters. The lowest BCUT2D eigenvalue weighted by molar-refractivity contribution is 0.176. The normalized spacial score (nSPS) is 15.5. The highest BCUT2D eigenvalue weighted by atomic mass is 19.1. The van der Waals surface area contributed by atoms with Gasteiger partial charge in [0.2, 0.25) is 0 Å². The molecular weight excluding hydrogens is 307 g/mol. The van der Waals surface area contributed by atoms with Crippen LogP contribution in [-0.4, -0.2) is 57.7 Å². The Morgan fingerprint density at radius 2 is 1.83 bits per heavy atom. The van der Waals surface area contributed by atoms with Crippen LogP contribution < -0.4 is 0 Å². The number of amidine groups is 1. The Kier molecular flexibility index (Phi) is 4.71. The van der Waals surface area contributed by atoms with Gasteiger partial charge in [0, 0.05) is 50.0 Å². The predicted molar refractivity (Wildman–Crippen MR) is 91.1 cm³/mol. The second-order valence-electron chi connectivity index (χ2n) is 5.99. The summed E-state index contributed by atoms with van der Waals surface area (Å²) in [7, 11) is 0. The number of benzene rings is 1. The third-order valence-corrected chi connectivity index (χ3v) is 4.39. The molecule has 3 rings (SSSR count). The molecule has 1 saturated heterocycles. The maximum absolute atomic E-state index is 13.0. The van der Waals surface area contributed by atoms with Gasteiger partial charge in [-0.05, 0) is 31.2 Å². The van der Waals surface area contributed by atoms with Crippen molar-refractivity contribution in [2.75, 3.05) is 26.2 Å². The van der Waals surface area contributed by atoms with Crippen molar-refractivity contribution in [3.63, 3.8) is 0 Å². The maximum atomic E-state index is 13.0. The summed E-state index contributed by atoms with van der Waals surface area (Å²) < 4.78 is 13.0. The molecule has 1 fully saturated rings. The summed E-state index contributed by atoms with van der Waals surface area (Å²) in [4.78, 5) is 4.23. The zero-order valence-corrected chi connectivity index (χ0v) is 13.6. The lowest BCUT2D eigenvalue weighted by atomic mass is 10.1. The fourth-order valence-electron chi connectivity index (χ4n) is 2.83. The minimum atomic E-state index is -0.332. The summed E-state index contributed by atoms with van der Waals surface area (Å²) in [6.07, 6.45) is 1.92. The van der Waals surface area contributed by atoms with Gasteiger partial charge in [0.05, 0.1) is 5.69 Å². The molecule has 0 bridgehead atoms. The molecular formula is C17H21FN6. The largest absolute Gasteiger partial charge is 0.353 e. The number of rotatable bonds is 4. The molecule has 0 amide bonds. The van der Waals surface area contributed by atoms with E-state index >= 15 is 0 Å². The number of nitrogens with zero attached hydrogens (tertiary/aromatic N) is 3. The Bertz CT molecular complexity index is 728. The van der Waals surface area contributed by atoms with Crippen molar-refractivity contribution in [3.05, 3.63) is 53.1 Å². The second-order valence-corrected chi connectivity index (χ2v) is 5.99. The fraction of sp³-hybridized carbons (Fsp3) is 0.353. The van der Waals surface area contributed by atoms with Crippen molar-refractivity contribution in [1.82, 2.24) is 20.0 Å². The summed E-state index contributed by atoms with van der Waals surface area (Å²) in [6.45, 7) is 5.92. The summed E-state index contributed by atoms with van der Waals surface area (Å²) in [5, 5.41) is 23.4. The Morgan fingerprint density at radius 1 is 1.17 bits per heavy atom. The first kappa shape index (κ1) is 16.3. The number of nitrogens with one attached hydrogen (secondary N) is 3. The average molecular weight is 328 g/mol. The van der Waals surface area contributed by atoms with Gasteiger partial charge in [-0.2, -0.15) is 5.10 Å². The van der Waals surface area contributed by atoms with Crippen molar-refractivity contribution >= 4 is 11.5 Å². The van der Waals surface area contributed by atoms with Crippen LogP contribution in [0.5, 0.6) is 0 Å². The van der Waals surface area contributed by atoms with Crippen LogP contribution in [0.2, 0.25) is 0 Å². The number of aromatic nitrogens is 2. The quantitative estimate of drug-likeness (QED) is 0.593. The Hall–Kier alpha value is -2.54. The Morgan fingerprint density at radius 3 is 2.42 bits per heavy atom. The van der Waals surface area contributed by atoms with Crippen molar-refractivity contribution in [2.24, 2.45) is 0 Å². The van der Waals surface area contributed by atoms with Crippen LogP contribution in [0.15, 0.2) is 30.5 Å². The van der Waals surface area contributed by atoms with E-state index in [4.69, 9.17) is 10.8 Å². The lowest BCUT2D eigenvalue weighted by Gasteiger charge is -2.36. The number of aryl methyl sites for hydroxylation is 1. The predicted octanol–water partition coefficient (Wildman–Crippen LogP) is 2.02. The number of piperazine rings is 1. The van der Waals surface area contributed by atoms with E-state index in [9.17, 15) is 4.39 Å². The van der Waals surface area contributed by atoms with Gasteiger partial charge >= 0.3 is 0 Å². The summed E-state index contributed by atoms with van der Waals surface area (Å²) >= 11 is 0. The molecule has 2 heterocycles. The molecule has 1 aromatic heterocycles. The number of H-pyrrole nitrogens is 1. The molecule has 126 valence electrons. The number of halogens is 1. The van der Waals surface area contributed by atoms with Gasteiger partial charge in [-0.1, -0.05) is 0 Å². The first-order chi connectivity index (χ1) is 11.5. The van der Waals surface area contributed by atoms with E-state index in [1.807, 2.05) is 18.0 Å². The van der Waals surface area contributed by atoms with E-state index in [1.54, 1.807) is 12.1 Å². The Labute approximate surface area is 140 Å². The second kappa shape index (κ2) is 6.92. The third kappa shape index (κ3) is 3.51. The van der Waals surface area contributed by atoms with E-state index in [0.717, 1.165) is 25.3 Å². The minimum absolute atomic E-state index is 0.133.